The van der Waals surface area contributed by atoms with Crippen LogP contribution in [0.15, 0.2) is 17.0 Å². The molecule has 2 rings (SSSR count). The Labute approximate surface area is 107 Å². The minimum Gasteiger partial charge on any atom is -0.358 e. The van der Waals surface area contributed by atoms with Gasteiger partial charge in [0.15, 0.2) is 5.82 Å². The molecule has 0 amide bonds. The van der Waals surface area contributed by atoms with Gasteiger partial charge in [-0.25, -0.2) is 9.97 Å². The lowest BCUT2D eigenvalue weighted by molar-refractivity contribution is 0.681. The van der Waals surface area contributed by atoms with E-state index in [1.165, 1.54) is 6.33 Å². The molecule has 1 unspecified atom stereocenters. The number of aromatic nitrogens is 6. The molecule has 0 saturated heterocycles. The molecule has 1 atom stereocenters. The van der Waals surface area contributed by atoms with Gasteiger partial charge >= 0.3 is 0 Å². The van der Waals surface area contributed by atoms with E-state index in [4.69, 9.17) is 0 Å². The fraction of sp³-hybridized carbons (Fsp3) is 0.444. The van der Waals surface area contributed by atoms with Crippen molar-refractivity contribution in [2.45, 2.75) is 12.8 Å². The van der Waals surface area contributed by atoms with Crippen molar-refractivity contribution in [2.75, 3.05) is 18.5 Å². The third-order valence-corrected chi connectivity index (χ3v) is 2.92. The molecular formula is C9H12BrN7. The predicted octanol–water partition coefficient (Wildman–Crippen LogP) is 0.992. The van der Waals surface area contributed by atoms with E-state index in [0.29, 0.717) is 5.82 Å². The van der Waals surface area contributed by atoms with E-state index < -0.39 is 0 Å². The van der Waals surface area contributed by atoms with Crippen LogP contribution >= 0.6 is 15.9 Å². The molecule has 8 heteroatoms. The molecular weight excluding hydrogens is 286 g/mol. The normalized spacial score (nSPS) is 12.4. The first kappa shape index (κ1) is 11.9. The quantitative estimate of drug-likeness (QED) is 0.906. The Hall–Kier alpha value is -1.57. The third-order valence-electron chi connectivity index (χ3n) is 2.36. The van der Waals surface area contributed by atoms with E-state index in [1.807, 2.05) is 18.9 Å². The van der Waals surface area contributed by atoms with E-state index in [-0.39, 0.29) is 5.92 Å². The van der Waals surface area contributed by atoms with Gasteiger partial charge in [-0.1, -0.05) is 12.1 Å². The number of hydrogen-bond acceptors (Lipinski definition) is 6. The van der Waals surface area contributed by atoms with Gasteiger partial charge in [0.25, 0.3) is 0 Å². The molecule has 0 aromatic carbocycles. The van der Waals surface area contributed by atoms with Crippen molar-refractivity contribution in [2.24, 2.45) is 0 Å². The van der Waals surface area contributed by atoms with Gasteiger partial charge < -0.3 is 4.90 Å². The topological polar surface area (TPSA) is 83.5 Å². The first-order valence-corrected chi connectivity index (χ1v) is 5.87. The summed E-state index contributed by atoms with van der Waals surface area (Å²) in [6.07, 6.45) is 3.24. The number of nitrogens with zero attached hydrogens (tertiary/aromatic N) is 6. The Balaban J connectivity index is 2.07. The Morgan fingerprint density at radius 1 is 1.53 bits per heavy atom. The van der Waals surface area contributed by atoms with E-state index in [2.05, 4.69) is 46.5 Å². The number of hydrogen-bond donors (Lipinski definition) is 1. The second-order valence-corrected chi connectivity index (χ2v) is 4.60. The Morgan fingerprint density at radius 2 is 2.35 bits per heavy atom. The molecule has 0 aliphatic heterocycles. The highest BCUT2D eigenvalue weighted by Gasteiger charge is 2.15. The van der Waals surface area contributed by atoms with Crippen LogP contribution in [-0.2, 0) is 0 Å². The fourth-order valence-corrected chi connectivity index (χ4v) is 2.07. The zero-order valence-corrected chi connectivity index (χ0v) is 11.1. The van der Waals surface area contributed by atoms with E-state index in [0.717, 1.165) is 16.8 Å². The van der Waals surface area contributed by atoms with E-state index >= 15 is 0 Å². The fourth-order valence-electron chi connectivity index (χ4n) is 1.54. The summed E-state index contributed by atoms with van der Waals surface area (Å²) >= 11 is 3.42. The number of aromatic amines is 1. The molecule has 0 saturated carbocycles. The lowest BCUT2D eigenvalue weighted by Gasteiger charge is -2.21. The van der Waals surface area contributed by atoms with Gasteiger partial charge in [0.05, 0.1) is 4.47 Å². The van der Waals surface area contributed by atoms with Crippen LogP contribution in [0, 0.1) is 0 Å². The van der Waals surface area contributed by atoms with E-state index in [1.54, 1.807) is 6.20 Å². The highest BCUT2D eigenvalue weighted by atomic mass is 79.9. The summed E-state index contributed by atoms with van der Waals surface area (Å²) in [5.74, 6) is 1.71. The van der Waals surface area contributed by atoms with Crippen LogP contribution in [0.25, 0.3) is 0 Å². The molecule has 0 aliphatic rings. The van der Waals surface area contributed by atoms with Crippen molar-refractivity contribution in [1.82, 2.24) is 30.6 Å². The zero-order valence-electron chi connectivity index (χ0n) is 9.50. The van der Waals surface area contributed by atoms with Crippen molar-refractivity contribution in [1.29, 1.82) is 0 Å². The second-order valence-electron chi connectivity index (χ2n) is 3.75. The van der Waals surface area contributed by atoms with Crippen LogP contribution in [0.5, 0.6) is 0 Å². The van der Waals surface area contributed by atoms with Crippen molar-refractivity contribution in [3.8, 4) is 0 Å². The maximum atomic E-state index is 4.22. The van der Waals surface area contributed by atoms with E-state index in [9.17, 15) is 0 Å². The van der Waals surface area contributed by atoms with Crippen LogP contribution in [0.4, 0.5) is 5.82 Å². The van der Waals surface area contributed by atoms with Crippen molar-refractivity contribution < 1.29 is 0 Å². The summed E-state index contributed by atoms with van der Waals surface area (Å²) in [7, 11) is 1.96. The predicted molar refractivity (Wildman–Crippen MR) is 65.6 cm³/mol. The van der Waals surface area contributed by atoms with Gasteiger partial charge in [0, 0.05) is 25.7 Å². The van der Waals surface area contributed by atoms with Crippen LogP contribution < -0.4 is 4.90 Å². The number of rotatable bonds is 4. The van der Waals surface area contributed by atoms with Crippen LogP contribution in [0.2, 0.25) is 0 Å². The maximum Gasteiger partial charge on any atom is 0.179 e. The monoisotopic (exact) mass is 297 g/mol. The number of tetrazole rings is 1. The molecule has 90 valence electrons. The van der Waals surface area contributed by atoms with Crippen LogP contribution in [-0.4, -0.2) is 44.2 Å². The average Bonchev–Trinajstić information content (AvgIpc) is 2.82. The third kappa shape index (κ3) is 2.76. The highest BCUT2D eigenvalue weighted by Crippen LogP contribution is 2.22. The number of H-pyrrole nitrogens is 1. The standard InChI is InChI=1S/C9H12BrN7/c1-6(8-13-15-16-14-8)4-17(2)9-7(10)3-11-5-12-9/h3,5-6H,4H2,1-2H3,(H,13,14,15,16). The first-order valence-electron chi connectivity index (χ1n) is 5.08. The first-order chi connectivity index (χ1) is 8.18. The molecule has 0 spiro atoms. The number of likely N-dealkylation sites (N-methyl/N-ethyl adjacent to an activating group) is 1. The summed E-state index contributed by atoms with van der Waals surface area (Å²) < 4.78 is 0.864. The molecule has 2 aromatic rings. The second kappa shape index (κ2) is 5.17. The van der Waals surface area contributed by atoms with Gasteiger partial charge in [0.2, 0.25) is 0 Å². The Morgan fingerprint density at radius 3 is 3.00 bits per heavy atom. The number of anilines is 1. The lowest BCUT2D eigenvalue weighted by atomic mass is 10.1. The summed E-state index contributed by atoms with van der Waals surface area (Å²) in [4.78, 5) is 10.2. The SMILES string of the molecule is CC(CN(C)c1ncncc1Br)c1nn[nH]n1. The Kier molecular flexibility index (Phi) is 3.62. The molecule has 0 radical (unpaired) electrons. The van der Waals surface area contributed by atoms with Crippen molar-refractivity contribution in [3.05, 3.63) is 22.8 Å². The van der Waals surface area contributed by atoms with Crippen LogP contribution in [0.3, 0.4) is 0 Å². The van der Waals surface area contributed by atoms with Gasteiger partial charge in [0.1, 0.15) is 12.1 Å². The van der Waals surface area contributed by atoms with Crippen LogP contribution in [0.1, 0.15) is 18.7 Å². The zero-order chi connectivity index (χ0) is 12.3. The van der Waals surface area contributed by atoms with Gasteiger partial charge in [-0.3, -0.25) is 0 Å². The molecule has 1 N–H and O–H groups in total. The summed E-state index contributed by atoms with van der Waals surface area (Å²) in [6, 6.07) is 0. The molecule has 0 bridgehead atoms. The van der Waals surface area contributed by atoms with Gasteiger partial charge in [-0.05, 0) is 15.9 Å². The molecule has 7 nitrogen and oxygen atoms in total. The van der Waals surface area contributed by atoms with Crippen molar-refractivity contribution in [3.63, 3.8) is 0 Å². The summed E-state index contributed by atoms with van der Waals surface area (Å²) in [6.45, 7) is 2.78. The summed E-state index contributed by atoms with van der Waals surface area (Å²) in [5, 5.41) is 13.9. The largest absolute Gasteiger partial charge is 0.358 e. The maximum absolute atomic E-state index is 4.22. The minimum absolute atomic E-state index is 0.167. The van der Waals surface area contributed by atoms with Crippen molar-refractivity contribution >= 4 is 21.7 Å². The lowest BCUT2D eigenvalue weighted by Crippen LogP contribution is -2.24. The Bertz CT molecular complexity index is 472. The van der Waals surface area contributed by atoms with Gasteiger partial charge in [-0.2, -0.15) is 5.21 Å². The average molecular weight is 298 g/mol. The number of nitrogens with one attached hydrogen (secondary N) is 1. The molecule has 0 fully saturated rings. The summed E-state index contributed by atoms with van der Waals surface area (Å²) in [5.41, 5.74) is 0. The molecule has 2 aromatic heterocycles. The smallest absolute Gasteiger partial charge is 0.179 e. The van der Waals surface area contributed by atoms with Gasteiger partial charge in [-0.15, -0.1) is 10.2 Å². The molecule has 0 aliphatic carbocycles. The number of halogens is 1. The molecule has 2 heterocycles. The minimum atomic E-state index is 0.167. The molecule has 17 heavy (non-hydrogen) atoms. The highest BCUT2D eigenvalue weighted by molar-refractivity contribution is 9.10.